The fourth-order valence-electron chi connectivity index (χ4n) is 2.97. The molecule has 1 aliphatic rings. The zero-order valence-electron chi connectivity index (χ0n) is 11.5. The van der Waals surface area contributed by atoms with E-state index in [-0.39, 0.29) is 11.9 Å². The molecule has 1 aliphatic carbocycles. The van der Waals surface area contributed by atoms with Crippen LogP contribution in [0.3, 0.4) is 0 Å². The van der Waals surface area contributed by atoms with Crippen LogP contribution in [0.1, 0.15) is 49.0 Å². The Kier molecular flexibility index (Phi) is 3.83. The molecule has 0 bridgehead atoms. The Balaban J connectivity index is 1.70. The molecule has 1 fully saturated rings. The second-order valence-corrected chi connectivity index (χ2v) is 5.56. The van der Waals surface area contributed by atoms with Crippen molar-refractivity contribution in [2.24, 2.45) is 5.73 Å². The lowest BCUT2D eigenvalue weighted by Gasteiger charge is -2.12. The molecule has 2 aromatic rings. The predicted octanol–water partition coefficient (Wildman–Crippen LogP) is 3.38. The first-order chi connectivity index (χ1) is 9.74. The molecule has 0 spiro atoms. The zero-order chi connectivity index (χ0) is 13.9. The number of halogens is 1. The maximum atomic E-state index is 13.7. The summed E-state index contributed by atoms with van der Waals surface area (Å²) < 4.78 is 15.7. The van der Waals surface area contributed by atoms with Crippen LogP contribution in [0.5, 0.6) is 0 Å². The summed E-state index contributed by atoms with van der Waals surface area (Å²) in [5.74, 6) is -0.241. The van der Waals surface area contributed by atoms with Crippen LogP contribution in [-0.2, 0) is 6.42 Å². The molecular weight excluding hydrogens is 253 g/mol. The lowest BCUT2D eigenvalue weighted by Crippen LogP contribution is -2.15. The first-order valence-corrected chi connectivity index (χ1v) is 7.28. The fourth-order valence-corrected chi connectivity index (χ4v) is 2.97. The summed E-state index contributed by atoms with van der Waals surface area (Å²) in [6.07, 6.45) is 7.59. The van der Waals surface area contributed by atoms with Crippen LogP contribution in [0, 0.1) is 5.82 Å². The van der Waals surface area contributed by atoms with Gasteiger partial charge in [0.2, 0.25) is 0 Å². The summed E-state index contributed by atoms with van der Waals surface area (Å²) in [4.78, 5) is 0. The molecule has 4 heteroatoms. The summed E-state index contributed by atoms with van der Waals surface area (Å²) >= 11 is 0. The molecule has 0 aliphatic heterocycles. The molecule has 1 saturated carbocycles. The summed E-state index contributed by atoms with van der Waals surface area (Å²) in [6, 6.07) is 8.88. The van der Waals surface area contributed by atoms with E-state index in [2.05, 4.69) is 9.78 Å². The minimum Gasteiger partial charge on any atom is -0.324 e. The topological polar surface area (TPSA) is 43.8 Å². The van der Waals surface area contributed by atoms with Gasteiger partial charge in [0.05, 0.1) is 11.7 Å². The van der Waals surface area contributed by atoms with Crippen LogP contribution >= 0.6 is 0 Å². The second kappa shape index (κ2) is 5.75. The van der Waals surface area contributed by atoms with E-state index in [0.29, 0.717) is 18.0 Å². The predicted molar refractivity (Wildman–Crippen MR) is 76.8 cm³/mol. The fraction of sp³-hybridized carbons (Fsp3) is 0.438. The largest absolute Gasteiger partial charge is 0.324 e. The van der Waals surface area contributed by atoms with Gasteiger partial charge >= 0.3 is 0 Å². The van der Waals surface area contributed by atoms with E-state index in [1.54, 1.807) is 12.1 Å². The third-order valence-electron chi connectivity index (χ3n) is 4.10. The van der Waals surface area contributed by atoms with E-state index in [9.17, 15) is 4.39 Å². The van der Waals surface area contributed by atoms with Gasteiger partial charge in [0.1, 0.15) is 5.82 Å². The van der Waals surface area contributed by atoms with Gasteiger partial charge in [0.15, 0.2) is 0 Å². The molecule has 1 atom stereocenters. The van der Waals surface area contributed by atoms with E-state index >= 15 is 0 Å². The lowest BCUT2D eigenvalue weighted by atomic mass is 10.0. The molecule has 0 radical (unpaired) electrons. The van der Waals surface area contributed by atoms with Gasteiger partial charge in [-0.25, -0.2) is 4.39 Å². The number of nitrogens with zero attached hydrogens (tertiary/aromatic N) is 2. The van der Waals surface area contributed by atoms with Crippen molar-refractivity contribution in [2.45, 2.75) is 44.2 Å². The Hall–Kier alpha value is -1.68. The highest BCUT2D eigenvalue weighted by molar-refractivity contribution is 5.22. The smallest absolute Gasteiger partial charge is 0.127 e. The van der Waals surface area contributed by atoms with Crippen LogP contribution in [0.2, 0.25) is 0 Å². The van der Waals surface area contributed by atoms with Crippen molar-refractivity contribution in [3.63, 3.8) is 0 Å². The molecule has 20 heavy (non-hydrogen) atoms. The van der Waals surface area contributed by atoms with E-state index < -0.39 is 0 Å². The van der Waals surface area contributed by atoms with Crippen LogP contribution < -0.4 is 5.73 Å². The summed E-state index contributed by atoms with van der Waals surface area (Å²) in [5, 5.41) is 4.60. The van der Waals surface area contributed by atoms with Crippen molar-refractivity contribution in [1.82, 2.24) is 9.78 Å². The molecule has 2 N–H and O–H groups in total. The number of rotatable bonds is 4. The van der Waals surface area contributed by atoms with Crippen molar-refractivity contribution in [3.05, 3.63) is 53.6 Å². The molecule has 3 rings (SSSR count). The molecule has 1 aromatic heterocycles. The maximum absolute atomic E-state index is 13.7. The number of benzene rings is 1. The molecule has 0 amide bonds. The number of hydrogen-bond acceptors (Lipinski definition) is 2. The van der Waals surface area contributed by atoms with E-state index in [4.69, 9.17) is 5.73 Å². The molecule has 1 heterocycles. The first kappa shape index (κ1) is 13.3. The van der Waals surface area contributed by atoms with Crippen LogP contribution in [0.15, 0.2) is 36.5 Å². The molecular formula is C16H20FN3. The summed E-state index contributed by atoms with van der Waals surface area (Å²) in [6.45, 7) is 0. The third kappa shape index (κ3) is 2.75. The van der Waals surface area contributed by atoms with Gasteiger partial charge in [-0.2, -0.15) is 5.10 Å². The average molecular weight is 273 g/mol. The minimum atomic E-state index is -0.344. The zero-order valence-corrected chi connectivity index (χ0v) is 11.5. The Morgan fingerprint density at radius 2 is 2.00 bits per heavy atom. The lowest BCUT2D eigenvalue weighted by molar-refractivity contribution is 0.460. The average Bonchev–Trinajstić information content (AvgIpc) is 3.09. The van der Waals surface area contributed by atoms with Crippen molar-refractivity contribution in [2.75, 3.05) is 0 Å². The second-order valence-electron chi connectivity index (χ2n) is 5.56. The standard InChI is InChI=1S/C16H20FN3/c17-15-8-4-3-7-14(15)16(18)11-12-9-10-20(19-12)13-5-1-2-6-13/h3-4,7-10,13,16H,1-2,5-6,11,18H2. The number of nitrogens with two attached hydrogens (primary N) is 1. The Morgan fingerprint density at radius 3 is 2.75 bits per heavy atom. The van der Waals surface area contributed by atoms with E-state index in [1.807, 2.05) is 18.3 Å². The maximum Gasteiger partial charge on any atom is 0.127 e. The first-order valence-electron chi connectivity index (χ1n) is 7.28. The van der Waals surface area contributed by atoms with Gasteiger partial charge in [-0.05, 0) is 25.0 Å². The van der Waals surface area contributed by atoms with Gasteiger partial charge in [0.25, 0.3) is 0 Å². The van der Waals surface area contributed by atoms with Crippen LogP contribution in [0.4, 0.5) is 4.39 Å². The third-order valence-corrected chi connectivity index (χ3v) is 4.10. The SMILES string of the molecule is NC(Cc1ccn(C2CCCC2)n1)c1ccccc1F. The quantitative estimate of drug-likeness (QED) is 0.928. The van der Waals surface area contributed by atoms with Crippen LogP contribution in [0.25, 0.3) is 0 Å². The van der Waals surface area contributed by atoms with Crippen molar-refractivity contribution in [1.29, 1.82) is 0 Å². The molecule has 3 nitrogen and oxygen atoms in total. The van der Waals surface area contributed by atoms with Gasteiger partial charge < -0.3 is 5.73 Å². The highest BCUT2D eigenvalue weighted by Crippen LogP contribution is 2.29. The Bertz CT molecular complexity index is 573. The summed E-state index contributed by atoms with van der Waals surface area (Å²) in [7, 11) is 0. The molecule has 1 unspecified atom stereocenters. The Labute approximate surface area is 118 Å². The highest BCUT2D eigenvalue weighted by Gasteiger charge is 2.18. The number of aromatic nitrogens is 2. The van der Waals surface area contributed by atoms with Crippen molar-refractivity contribution in [3.8, 4) is 0 Å². The molecule has 106 valence electrons. The van der Waals surface area contributed by atoms with E-state index in [1.165, 1.54) is 31.7 Å². The molecule has 1 aromatic carbocycles. The Morgan fingerprint density at radius 1 is 1.25 bits per heavy atom. The monoisotopic (exact) mass is 273 g/mol. The number of hydrogen-bond donors (Lipinski definition) is 1. The van der Waals surface area contributed by atoms with Crippen LogP contribution in [-0.4, -0.2) is 9.78 Å². The van der Waals surface area contributed by atoms with Gasteiger partial charge in [0, 0.05) is 24.2 Å². The van der Waals surface area contributed by atoms with E-state index in [0.717, 1.165) is 5.69 Å². The minimum absolute atomic E-state index is 0.241. The molecule has 0 saturated heterocycles. The summed E-state index contributed by atoms with van der Waals surface area (Å²) in [5.41, 5.74) is 7.60. The van der Waals surface area contributed by atoms with Gasteiger partial charge in [-0.1, -0.05) is 31.0 Å². The normalized spacial score (nSPS) is 17.5. The highest BCUT2D eigenvalue weighted by atomic mass is 19.1. The van der Waals surface area contributed by atoms with Crippen molar-refractivity contribution < 1.29 is 4.39 Å². The van der Waals surface area contributed by atoms with Gasteiger partial charge in [-0.3, -0.25) is 4.68 Å². The van der Waals surface area contributed by atoms with Crippen molar-refractivity contribution >= 4 is 0 Å². The van der Waals surface area contributed by atoms with Gasteiger partial charge in [-0.15, -0.1) is 0 Å².